The monoisotopic (exact) mass is 319 g/mol. The van der Waals surface area contributed by atoms with E-state index in [0.717, 1.165) is 17.8 Å². The van der Waals surface area contributed by atoms with E-state index in [9.17, 15) is 9.59 Å². The number of hydrogen-bond donors (Lipinski definition) is 3. The van der Waals surface area contributed by atoms with Crippen LogP contribution in [0.15, 0.2) is 24.3 Å². The van der Waals surface area contributed by atoms with Gasteiger partial charge in [0.25, 0.3) is 5.91 Å². The second-order valence-electron chi connectivity index (χ2n) is 6.13. The molecule has 1 aliphatic heterocycles. The molecule has 0 bridgehead atoms. The molecule has 0 radical (unpaired) electrons. The molecule has 1 atom stereocenters. The van der Waals surface area contributed by atoms with Crippen LogP contribution in [0.5, 0.6) is 0 Å². The lowest BCUT2D eigenvalue weighted by molar-refractivity contribution is -0.134. The number of amides is 2. The van der Waals surface area contributed by atoms with Gasteiger partial charge in [0, 0.05) is 31.7 Å². The van der Waals surface area contributed by atoms with Crippen molar-refractivity contribution in [2.75, 3.05) is 25.0 Å². The highest BCUT2D eigenvalue weighted by molar-refractivity contribution is 5.90. The van der Waals surface area contributed by atoms with Crippen LogP contribution >= 0.6 is 0 Å². The molecule has 6 nitrogen and oxygen atoms in total. The predicted octanol–water partition coefficient (Wildman–Crippen LogP) is 1.28. The largest absolute Gasteiger partial charge is 0.366 e. The Bertz CT molecular complexity index is 540. The van der Waals surface area contributed by atoms with Crippen molar-refractivity contribution in [3.63, 3.8) is 0 Å². The smallest absolute Gasteiger partial charge is 0.250 e. The van der Waals surface area contributed by atoms with Gasteiger partial charge in [-0.2, -0.15) is 0 Å². The van der Waals surface area contributed by atoms with Gasteiger partial charge in [0.05, 0.1) is 6.61 Å². The fourth-order valence-electron chi connectivity index (χ4n) is 2.38. The van der Waals surface area contributed by atoms with Crippen LogP contribution in [-0.4, -0.2) is 37.6 Å². The molecule has 1 fully saturated rings. The summed E-state index contributed by atoms with van der Waals surface area (Å²) in [6.45, 7) is 6.29. The third-order valence-corrected chi connectivity index (χ3v) is 3.49. The summed E-state index contributed by atoms with van der Waals surface area (Å²) in [7, 11) is 0. The van der Waals surface area contributed by atoms with Crippen molar-refractivity contribution in [3.8, 4) is 0 Å². The molecule has 1 aromatic carbocycles. The first-order chi connectivity index (χ1) is 11.0. The zero-order chi connectivity index (χ0) is 16.7. The Labute approximate surface area is 137 Å². The number of carbonyl (C=O) groups is 2. The maximum atomic E-state index is 12.0. The molecule has 1 saturated heterocycles. The summed E-state index contributed by atoms with van der Waals surface area (Å²) in [6, 6.07) is 7.50. The second-order valence-corrected chi connectivity index (χ2v) is 6.13. The lowest BCUT2D eigenvalue weighted by Crippen LogP contribution is -2.47. The van der Waals surface area contributed by atoms with Crippen molar-refractivity contribution in [3.05, 3.63) is 29.8 Å². The summed E-state index contributed by atoms with van der Waals surface area (Å²) in [5, 5.41) is 8.87. The Kier molecular flexibility index (Phi) is 6.55. The number of morpholine rings is 1. The molecule has 1 unspecified atom stereocenters. The minimum absolute atomic E-state index is 0.00265. The Morgan fingerprint density at radius 2 is 2.22 bits per heavy atom. The number of rotatable bonds is 6. The zero-order valence-corrected chi connectivity index (χ0v) is 13.7. The Balaban J connectivity index is 1.84. The maximum Gasteiger partial charge on any atom is 0.250 e. The van der Waals surface area contributed by atoms with E-state index in [-0.39, 0.29) is 11.8 Å². The fourth-order valence-corrected chi connectivity index (χ4v) is 2.38. The van der Waals surface area contributed by atoms with E-state index >= 15 is 0 Å². The van der Waals surface area contributed by atoms with Crippen LogP contribution in [0.2, 0.25) is 0 Å². The maximum absolute atomic E-state index is 12.0. The van der Waals surface area contributed by atoms with Gasteiger partial charge >= 0.3 is 0 Å². The van der Waals surface area contributed by atoms with Crippen molar-refractivity contribution in [2.24, 2.45) is 5.92 Å². The molecule has 1 aliphatic rings. The number of ether oxygens (including phenoxy) is 1. The molecule has 1 aromatic rings. The van der Waals surface area contributed by atoms with Crippen LogP contribution in [0.3, 0.4) is 0 Å². The van der Waals surface area contributed by atoms with Gasteiger partial charge in [0.1, 0.15) is 6.10 Å². The van der Waals surface area contributed by atoms with E-state index in [4.69, 9.17) is 4.74 Å². The molecule has 2 rings (SSSR count). The molecule has 3 N–H and O–H groups in total. The van der Waals surface area contributed by atoms with Gasteiger partial charge in [-0.05, 0) is 23.6 Å². The molecule has 126 valence electrons. The molecule has 0 saturated carbocycles. The number of hydrogen-bond acceptors (Lipinski definition) is 4. The lowest BCUT2D eigenvalue weighted by atomic mass is 10.1. The van der Waals surface area contributed by atoms with Crippen LogP contribution in [0.4, 0.5) is 5.69 Å². The van der Waals surface area contributed by atoms with Gasteiger partial charge in [-0.1, -0.05) is 26.0 Å². The molecule has 1 heterocycles. The second kappa shape index (κ2) is 8.64. The Morgan fingerprint density at radius 3 is 2.91 bits per heavy atom. The summed E-state index contributed by atoms with van der Waals surface area (Å²) >= 11 is 0. The molecular formula is C17H25N3O3. The van der Waals surface area contributed by atoms with E-state index in [1.165, 1.54) is 0 Å². The standard InChI is InChI=1S/C17H25N3O3/c1-12(2)8-16(21)20-14-5-3-4-13(9-14)10-19-17(22)15-11-18-6-7-23-15/h3-5,9,12,15,18H,6-8,10-11H2,1-2H3,(H,19,22)(H,20,21). The van der Waals surface area contributed by atoms with Gasteiger partial charge in [0.15, 0.2) is 0 Å². The van der Waals surface area contributed by atoms with Crippen molar-refractivity contribution in [1.29, 1.82) is 0 Å². The minimum Gasteiger partial charge on any atom is -0.366 e. The third-order valence-electron chi connectivity index (χ3n) is 3.49. The Morgan fingerprint density at radius 1 is 1.39 bits per heavy atom. The minimum atomic E-state index is -0.433. The summed E-state index contributed by atoms with van der Waals surface area (Å²) < 4.78 is 5.41. The fraction of sp³-hybridized carbons (Fsp3) is 0.529. The van der Waals surface area contributed by atoms with Crippen LogP contribution < -0.4 is 16.0 Å². The number of nitrogens with one attached hydrogen (secondary N) is 3. The quantitative estimate of drug-likeness (QED) is 0.738. The first-order valence-corrected chi connectivity index (χ1v) is 8.03. The SMILES string of the molecule is CC(C)CC(=O)Nc1cccc(CNC(=O)C2CNCCO2)c1. The van der Waals surface area contributed by atoms with Crippen molar-refractivity contribution in [2.45, 2.75) is 32.9 Å². The molecule has 0 aromatic heterocycles. The van der Waals surface area contributed by atoms with Crippen LogP contribution in [0.1, 0.15) is 25.8 Å². The van der Waals surface area contributed by atoms with Gasteiger partial charge in [-0.15, -0.1) is 0 Å². The zero-order valence-electron chi connectivity index (χ0n) is 13.7. The number of anilines is 1. The average Bonchev–Trinajstić information content (AvgIpc) is 2.53. The first-order valence-electron chi connectivity index (χ1n) is 8.03. The normalized spacial score (nSPS) is 17.8. The van der Waals surface area contributed by atoms with E-state index < -0.39 is 6.10 Å². The van der Waals surface area contributed by atoms with Crippen molar-refractivity contribution < 1.29 is 14.3 Å². The summed E-state index contributed by atoms with van der Waals surface area (Å²) in [6.07, 6.45) is 0.0603. The van der Waals surface area contributed by atoms with Gasteiger partial charge in [-0.25, -0.2) is 0 Å². The summed E-state index contributed by atoms with van der Waals surface area (Å²) in [4.78, 5) is 23.8. The Hall–Kier alpha value is -1.92. The highest BCUT2D eigenvalue weighted by Gasteiger charge is 2.21. The lowest BCUT2D eigenvalue weighted by Gasteiger charge is -2.22. The third kappa shape index (κ3) is 6.00. The van der Waals surface area contributed by atoms with Gasteiger partial charge < -0.3 is 20.7 Å². The predicted molar refractivity (Wildman–Crippen MR) is 89.0 cm³/mol. The summed E-state index contributed by atoms with van der Waals surface area (Å²) in [5.41, 5.74) is 1.68. The van der Waals surface area contributed by atoms with Crippen LogP contribution in [-0.2, 0) is 20.9 Å². The van der Waals surface area contributed by atoms with Gasteiger partial charge in [0.2, 0.25) is 5.91 Å². The van der Waals surface area contributed by atoms with Crippen LogP contribution in [0.25, 0.3) is 0 Å². The van der Waals surface area contributed by atoms with E-state index in [1.807, 2.05) is 38.1 Å². The summed E-state index contributed by atoms with van der Waals surface area (Å²) in [5.74, 6) is 0.205. The first kappa shape index (κ1) is 17.4. The number of benzene rings is 1. The van der Waals surface area contributed by atoms with E-state index in [0.29, 0.717) is 32.0 Å². The van der Waals surface area contributed by atoms with Crippen molar-refractivity contribution >= 4 is 17.5 Å². The van der Waals surface area contributed by atoms with E-state index in [1.54, 1.807) is 0 Å². The molecule has 6 heteroatoms. The van der Waals surface area contributed by atoms with Gasteiger partial charge in [-0.3, -0.25) is 9.59 Å². The molecule has 0 spiro atoms. The highest BCUT2D eigenvalue weighted by Crippen LogP contribution is 2.12. The van der Waals surface area contributed by atoms with Crippen LogP contribution in [0, 0.1) is 5.92 Å². The average molecular weight is 319 g/mol. The van der Waals surface area contributed by atoms with E-state index in [2.05, 4.69) is 16.0 Å². The molecule has 0 aliphatic carbocycles. The van der Waals surface area contributed by atoms with Crippen molar-refractivity contribution in [1.82, 2.24) is 10.6 Å². The highest BCUT2D eigenvalue weighted by atomic mass is 16.5. The molecular weight excluding hydrogens is 294 g/mol. The molecule has 2 amide bonds. The topological polar surface area (TPSA) is 79.5 Å². The molecule has 23 heavy (non-hydrogen) atoms. The number of carbonyl (C=O) groups excluding carboxylic acids is 2.